The molecule has 0 aliphatic rings. The maximum absolute atomic E-state index is 4.99. The van der Waals surface area contributed by atoms with Gasteiger partial charge in [0, 0.05) is 0 Å². The molecular formula is Cl3Sb+. The van der Waals surface area contributed by atoms with E-state index >= 15 is 0 Å². The first-order chi connectivity index (χ1) is 1.73. The van der Waals surface area contributed by atoms with Gasteiger partial charge in [-0.2, -0.15) is 0 Å². The Bertz CT molecular complexity index is 8.00. The summed E-state index contributed by atoms with van der Waals surface area (Å²) in [7, 11) is 15.0. The Balaban J connectivity index is 2.32. The van der Waals surface area contributed by atoms with Gasteiger partial charge in [-0.25, -0.2) is 0 Å². The van der Waals surface area contributed by atoms with Crippen molar-refractivity contribution in [2.24, 2.45) is 0 Å². The molecular weight excluding hydrogens is 228 g/mol. The molecule has 0 bridgehead atoms. The molecule has 0 aromatic carbocycles. The number of hydrogen-bond acceptors (Lipinski definition) is 0. The van der Waals surface area contributed by atoms with E-state index in [2.05, 4.69) is 0 Å². The first kappa shape index (κ1) is 5.69. The quantitative estimate of drug-likeness (QED) is 0.553. The van der Waals surface area contributed by atoms with E-state index in [9.17, 15) is 0 Å². The van der Waals surface area contributed by atoms with Crippen LogP contribution in [0.3, 0.4) is 0 Å². The fraction of sp³-hybridized carbons (Fsp3) is 0. The predicted octanol–water partition coefficient (Wildman–Crippen LogP) is 1.69. The Hall–Kier alpha value is 1.69. The van der Waals surface area contributed by atoms with Crippen molar-refractivity contribution in [2.45, 2.75) is 0 Å². The van der Waals surface area contributed by atoms with Gasteiger partial charge in [0.25, 0.3) is 0 Å². The van der Waals surface area contributed by atoms with E-state index in [1.54, 1.807) is 0 Å². The molecule has 0 aromatic rings. The zero-order valence-corrected chi connectivity index (χ0v) is 6.40. The van der Waals surface area contributed by atoms with Crippen molar-refractivity contribution in [3.8, 4) is 0 Å². The van der Waals surface area contributed by atoms with Crippen LogP contribution in [0.2, 0.25) is 0 Å². The molecule has 0 nitrogen and oxygen atoms in total. The van der Waals surface area contributed by atoms with Crippen molar-refractivity contribution in [1.82, 2.24) is 0 Å². The van der Waals surface area contributed by atoms with E-state index in [0.717, 1.165) is 0 Å². The molecule has 0 fully saturated rings. The van der Waals surface area contributed by atoms with E-state index in [-0.39, 0.29) is 0 Å². The van der Waals surface area contributed by atoms with Gasteiger partial charge >= 0.3 is 43.3 Å². The summed E-state index contributed by atoms with van der Waals surface area (Å²) in [5, 5.41) is 0. The normalized spacial score (nSPS) is 9.00. The Morgan fingerprint density at radius 1 is 1.00 bits per heavy atom. The monoisotopic (exact) mass is 226 g/mol. The molecule has 0 atom stereocenters. The Kier molecular flexibility index (Phi) is 4.13. The third-order valence-corrected chi connectivity index (χ3v) is 0. The summed E-state index contributed by atoms with van der Waals surface area (Å²) in [5.41, 5.74) is 0. The molecule has 0 saturated heterocycles. The summed E-state index contributed by atoms with van der Waals surface area (Å²) in [6, 6.07) is 0. The molecule has 0 unspecified atom stereocenters. The molecule has 0 N–H and O–H groups in total. The second-order valence-electron chi connectivity index (χ2n) is 0.192. The second kappa shape index (κ2) is 2.90. The molecule has 0 rings (SSSR count). The van der Waals surface area contributed by atoms with Crippen LogP contribution < -0.4 is 0 Å². The van der Waals surface area contributed by atoms with Crippen LogP contribution in [0.1, 0.15) is 0 Å². The summed E-state index contributed by atoms with van der Waals surface area (Å²) in [6.45, 7) is 0. The van der Waals surface area contributed by atoms with Gasteiger partial charge in [0.05, 0.1) is 0 Å². The number of rotatable bonds is 0. The summed E-state index contributed by atoms with van der Waals surface area (Å²) >= 11 is -2.03. The van der Waals surface area contributed by atoms with Crippen LogP contribution in [-0.2, 0) is 0 Å². The van der Waals surface area contributed by atoms with Crippen molar-refractivity contribution in [1.29, 1.82) is 0 Å². The fourth-order valence-corrected chi connectivity index (χ4v) is 0. The van der Waals surface area contributed by atoms with Crippen molar-refractivity contribution in [2.75, 3.05) is 0 Å². The van der Waals surface area contributed by atoms with Gasteiger partial charge in [-0.3, -0.25) is 0 Å². The van der Waals surface area contributed by atoms with Crippen LogP contribution in [0, 0.1) is 0 Å². The number of halogens is 3. The van der Waals surface area contributed by atoms with Crippen molar-refractivity contribution >= 4 is 43.3 Å². The third kappa shape index (κ3) is 9.35. The van der Waals surface area contributed by atoms with Gasteiger partial charge in [-0.05, 0) is 0 Å². The molecule has 4 heteroatoms. The minimum absolute atomic E-state index is 2.03. The van der Waals surface area contributed by atoms with E-state index < -0.39 is 16.8 Å². The van der Waals surface area contributed by atoms with Gasteiger partial charge in [0.1, 0.15) is 0 Å². The van der Waals surface area contributed by atoms with E-state index in [1.165, 1.54) is 0 Å². The Labute approximate surface area is 43.0 Å². The summed E-state index contributed by atoms with van der Waals surface area (Å²) in [6.07, 6.45) is 0. The summed E-state index contributed by atoms with van der Waals surface area (Å²) in [5.74, 6) is 0. The molecule has 0 aliphatic carbocycles. The van der Waals surface area contributed by atoms with Crippen molar-refractivity contribution < 1.29 is 0 Å². The maximum atomic E-state index is 4.99. The zero-order chi connectivity index (χ0) is 3.58. The summed E-state index contributed by atoms with van der Waals surface area (Å²) in [4.78, 5) is 0. The molecule has 0 aliphatic heterocycles. The average Bonchev–Trinajstić information content (AvgIpc) is 0.811. The van der Waals surface area contributed by atoms with Gasteiger partial charge < -0.3 is 0 Å². The molecule has 1 radical (unpaired) electrons. The van der Waals surface area contributed by atoms with Crippen LogP contribution in [0.5, 0.6) is 0 Å². The Morgan fingerprint density at radius 3 is 1.00 bits per heavy atom. The van der Waals surface area contributed by atoms with Crippen LogP contribution in [0.15, 0.2) is 0 Å². The average molecular weight is 228 g/mol. The van der Waals surface area contributed by atoms with Crippen LogP contribution in [0.4, 0.5) is 0 Å². The molecule has 0 saturated carbocycles. The molecule has 0 heterocycles. The molecule has 25 valence electrons. The minimum atomic E-state index is -2.03. The third-order valence-electron chi connectivity index (χ3n) is 0. The second-order valence-corrected chi connectivity index (χ2v) is 11.6. The van der Waals surface area contributed by atoms with Crippen molar-refractivity contribution in [3.05, 3.63) is 0 Å². The SMILES string of the molecule is [Cl][Sb+]([Cl])[Cl]. The van der Waals surface area contributed by atoms with Gasteiger partial charge in [0.2, 0.25) is 0 Å². The van der Waals surface area contributed by atoms with Gasteiger partial charge in [0.15, 0.2) is 0 Å². The summed E-state index contributed by atoms with van der Waals surface area (Å²) < 4.78 is 0. The number of hydrogen-bond donors (Lipinski definition) is 0. The van der Waals surface area contributed by atoms with Crippen LogP contribution in [0.25, 0.3) is 0 Å². The van der Waals surface area contributed by atoms with Gasteiger partial charge in [-0.1, -0.05) is 0 Å². The van der Waals surface area contributed by atoms with E-state index in [1.807, 2.05) is 0 Å². The van der Waals surface area contributed by atoms with Crippen molar-refractivity contribution in [3.63, 3.8) is 0 Å². The standard InChI is InChI=1S/3ClH.Sb/h3*1H;/q;;;+4/p-3. The molecule has 4 heavy (non-hydrogen) atoms. The van der Waals surface area contributed by atoms with Gasteiger partial charge in [-0.15, -0.1) is 0 Å². The van der Waals surface area contributed by atoms with E-state index in [4.69, 9.17) is 26.5 Å². The molecule has 0 spiro atoms. The first-order valence-corrected chi connectivity index (χ1v) is 10.2. The first-order valence-electron chi connectivity index (χ1n) is 0.507. The topological polar surface area (TPSA) is 0 Å². The molecule has 0 amide bonds. The van der Waals surface area contributed by atoms with Crippen LogP contribution >= 0.6 is 26.5 Å². The van der Waals surface area contributed by atoms with Crippen LogP contribution in [-0.4, -0.2) is 16.8 Å². The zero-order valence-electron chi connectivity index (χ0n) is 1.58. The predicted molar refractivity (Wildman–Crippen MR) is 23.3 cm³/mol. The Morgan fingerprint density at radius 2 is 1.00 bits per heavy atom. The molecule has 0 aromatic heterocycles. The van der Waals surface area contributed by atoms with E-state index in [0.29, 0.717) is 0 Å². The fourth-order valence-electron chi connectivity index (χ4n) is 0.